The summed E-state index contributed by atoms with van der Waals surface area (Å²) >= 11 is 0. The second-order valence-electron chi connectivity index (χ2n) is 9.59. The highest BCUT2D eigenvalue weighted by molar-refractivity contribution is 5.80. The molecular weight excluding hydrogens is 557 g/mol. The molecule has 0 aliphatic rings. The summed E-state index contributed by atoms with van der Waals surface area (Å²) in [6, 6.07) is 36.5. The molecule has 0 aliphatic carbocycles. The highest BCUT2D eigenvalue weighted by atomic mass is 19.4. The van der Waals surface area contributed by atoms with Crippen LogP contribution in [-0.4, -0.2) is 0 Å². The zero-order valence-corrected chi connectivity index (χ0v) is 22.5. The van der Waals surface area contributed by atoms with Crippen molar-refractivity contribution in [3.05, 3.63) is 149 Å². The molecule has 0 bridgehead atoms. The molecule has 5 nitrogen and oxygen atoms in total. The lowest BCUT2D eigenvalue weighted by atomic mass is 10.1. The molecule has 1 heterocycles. The molecule has 0 aliphatic heterocycles. The summed E-state index contributed by atoms with van der Waals surface area (Å²) in [6.45, 7) is 0.105. The summed E-state index contributed by atoms with van der Waals surface area (Å²) in [5.41, 5.74) is 1.33. The number of alkyl halides is 3. The smallest absolute Gasteiger partial charge is 0.453 e. The van der Waals surface area contributed by atoms with Crippen molar-refractivity contribution in [3.8, 4) is 39.9 Å². The first-order valence-corrected chi connectivity index (χ1v) is 13.3. The van der Waals surface area contributed by atoms with E-state index in [2.05, 4.69) is 0 Å². The van der Waals surface area contributed by atoms with Crippen molar-refractivity contribution in [1.82, 2.24) is 0 Å². The third-order valence-corrected chi connectivity index (χ3v) is 6.54. The summed E-state index contributed by atoms with van der Waals surface area (Å²) in [7, 11) is 0. The Morgan fingerprint density at radius 1 is 0.605 bits per heavy atom. The van der Waals surface area contributed by atoms with Crippen molar-refractivity contribution >= 4 is 11.0 Å². The van der Waals surface area contributed by atoms with Gasteiger partial charge in [-0.25, -0.2) is 0 Å². The van der Waals surface area contributed by atoms with E-state index in [9.17, 15) is 18.0 Å². The van der Waals surface area contributed by atoms with E-state index >= 15 is 0 Å². The van der Waals surface area contributed by atoms with E-state index < -0.39 is 23.1 Å². The maximum absolute atomic E-state index is 14.1. The van der Waals surface area contributed by atoms with Crippen molar-refractivity contribution in [2.45, 2.75) is 12.8 Å². The van der Waals surface area contributed by atoms with Crippen molar-refractivity contribution in [2.75, 3.05) is 0 Å². The van der Waals surface area contributed by atoms with Gasteiger partial charge in [0.25, 0.3) is 5.76 Å². The molecule has 43 heavy (non-hydrogen) atoms. The fourth-order valence-electron chi connectivity index (χ4n) is 4.48. The molecule has 0 fully saturated rings. The van der Waals surface area contributed by atoms with E-state index in [1.807, 2.05) is 72.8 Å². The maximum atomic E-state index is 14.1. The van der Waals surface area contributed by atoms with E-state index in [0.29, 0.717) is 11.5 Å². The molecule has 6 rings (SSSR count). The van der Waals surface area contributed by atoms with E-state index in [0.717, 1.165) is 16.7 Å². The minimum absolute atomic E-state index is 0.0651. The summed E-state index contributed by atoms with van der Waals surface area (Å²) in [5, 5.41) is -0.0745. The summed E-state index contributed by atoms with van der Waals surface area (Å²) < 4.78 is 64.5. The van der Waals surface area contributed by atoms with Gasteiger partial charge in [-0.05, 0) is 65.2 Å². The average molecular weight is 581 g/mol. The summed E-state index contributed by atoms with van der Waals surface area (Å²) in [5.74, 6) is -0.887. The molecule has 0 N–H and O–H groups in total. The fraction of sp³-hybridized carbons (Fsp3) is 0.0571. The van der Waals surface area contributed by atoms with Crippen LogP contribution in [0.1, 0.15) is 11.3 Å². The Hall–Kier alpha value is -5.50. The standard InChI is InChI=1S/C35H23F3O5/c36-35(37,38)34-33(42-27-16-14-25(15-17-27)24-9-3-1-4-10-24)32(39)30-19-18-28(21-31(30)43-34)40-22-23-8-7-13-29(20-23)41-26-11-5-2-6-12-26/h1-21H,22H2. The van der Waals surface area contributed by atoms with Gasteiger partial charge in [0.05, 0.1) is 5.39 Å². The molecule has 0 amide bonds. The van der Waals surface area contributed by atoms with E-state index in [1.165, 1.54) is 30.3 Å². The molecule has 0 unspecified atom stereocenters. The fourth-order valence-corrected chi connectivity index (χ4v) is 4.48. The molecule has 214 valence electrons. The van der Waals surface area contributed by atoms with Gasteiger partial charge in [0, 0.05) is 6.07 Å². The molecule has 0 saturated heterocycles. The van der Waals surface area contributed by atoms with Gasteiger partial charge in [0.1, 0.15) is 35.2 Å². The largest absolute Gasteiger partial charge is 0.489 e. The number of hydrogen-bond acceptors (Lipinski definition) is 5. The number of hydrogen-bond donors (Lipinski definition) is 0. The second-order valence-corrected chi connectivity index (χ2v) is 9.59. The van der Waals surface area contributed by atoms with Crippen LogP contribution in [0.4, 0.5) is 13.2 Å². The predicted molar refractivity (Wildman–Crippen MR) is 157 cm³/mol. The topological polar surface area (TPSA) is 57.9 Å². The molecule has 1 aromatic heterocycles. The summed E-state index contributed by atoms with van der Waals surface area (Å²) in [6.07, 6.45) is -4.98. The predicted octanol–water partition coefficient (Wildman–Crippen LogP) is 9.64. The van der Waals surface area contributed by atoms with E-state index in [-0.39, 0.29) is 29.1 Å². The number of ether oxygens (including phenoxy) is 3. The molecule has 0 atom stereocenters. The third-order valence-electron chi connectivity index (χ3n) is 6.54. The monoisotopic (exact) mass is 580 g/mol. The third kappa shape index (κ3) is 6.38. The van der Waals surface area contributed by atoms with Crippen LogP contribution < -0.4 is 19.6 Å². The van der Waals surface area contributed by atoms with Gasteiger partial charge < -0.3 is 18.6 Å². The van der Waals surface area contributed by atoms with Crippen LogP contribution in [0.2, 0.25) is 0 Å². The first-order valence-electron chi connectivity index (χ1n) is 13.3. The van der Waals surface area contributed by atoms with E-state index in [4.69, 9.17) is 18.6 Å². The molecule has 0 spiro atoms. The molecule has 6 aromatic rings. The molecule has 8 heteroatoms. The number of fused-ring (bicyclic) bond motifs is 1. The van der Waals surface area contributed by atoms with Crippen molar-refractivity contribution < 1.29 is 31.8 Å². The maximum Gasteiger partial charge on any atom is 0.453 e. The van der Waals surface area contributed by atoms with Crippen LogP contribution in [0.25, 0.3) is 22.1 Å². The number of rotatable bonds is 8. The Morgan fingerprint density at radius 2 is 1.23 bits per heavy atom. The second kappa shape index (κ2) is 11.8. The zero-order valence-electron chi connectivity index (χ0n) is 22.5. The number of para-hydroxylation sites is 1. The normalized spacial score (nSPS) is 11.3. The highest BCUT2D eigenvalue weighted by Gasteiger charge is 2.40. The number of halogens is 3. The Balaban J connectivity index is 1.24. The lowest BCUT2D eigenvalue weighted by Crippen LogP contribution is -2.15. The van der Waals surface area contributed by atoms with Gasteiger partial charge in [-0.3, -0.25) is 4.79 Å². The van der Waals surface area contributed by atoms with Gasteiger partial charge in [-0.15, -0.1) is 0 Å². The molecule has 0 radical (unpaired) electrons. The first kappa shape index (κ1) is 27.7. The zero-order chi connectivity index (χ0) is 29.8. The van der Waals surface area contributed by atoms with Gasteiger partial charge in [-0.2, -0.15) is 13.2 Å². The van der Waals surface area contributed by atoms with Gasteiger partial charge in [0.2, 0.25) is 11.2 Å². The lowest BCUT2D eigenvalue weighted by molar-refractivity contribution is -0.154. The summed E-state index contributed by atoms with van der Waals surface area (Å²) in [4.78, 5) is 13.2. The Bertz CT molecular complexity index is 1920. The van der Waals surface area contributed by atoms with E-state index in [1.54, 1.807) is 24.3 Å². The van der Waals surface area contributed by atoms with Gasteiger partial charge in [0.15, 0.2) is 0 Å². The average Bonchev–Trinajstić information content (AvgIpc) is 3.02. The first-order chi connectivity index (χ1) is 20.8. The lowest BCUT2D eigenvalue weighted by Gasteiger charge is -2.14. The number of benzene rings is 5. The van der Waals surface area contributed by atoms with Crippen LogP contribution >= 0.6 is 0 Å². The molecule has 5 aromatic carbocycles. The van der Waals surface area contributed by atoms with Crippen LogP contribution in [0.15, 0.2) is 137 Å². The van der Waals surface area contributed by atoms with Crippen molar-refractivity contribution in [1.29, 1.82) is 0 Å². The Labute approximate surface area is 244 Å². The molecule has 0 saturated carbocycles. The van der Waals surface area contributed by atoms with Gasteiger partial charge in [-0.1, -0.05) is 72.8 Å². The Morgan fingerprint density at radius 3 is 1.95 bits per heavy atom. The SMILES string of the molecule is O=c1c(Oc2ccc(-c3ccccc3)cc2)c(C(F)(F)F)oc2cc(OCc3cccc(Oc4ccccc4)c3)ccc12. The van der Waals surface area contributed by atoms with Crippen molar-refractivity contribution in [2.24, 2.45) is 0 Å². The molecular formula is C35H23F3O5. The van der Waals surface area contributed by atoms with Crippen LogP contribution in [0.3, 0.4) is 0 Å². The quantitative estimate of drug-likeness (QED) is 0.179. The van der Waals surface area contributed by atoms with Gasteiger partial charge >= 0.3 is 6.18 Å². The highest BCUT2D eigenvalue weighted by Crippen LogP contribution is 2.39. The van der Waals surface area contributed by atoms with Crippen LogP contribution in [0, 0.1) is 0 Å². The van der Waals surface area contributed by atoms with Crippen LogP contribution in [-0.2, 0) is 12.8 Å². The minimum Gasteiger partial charge on any atom is -0.489 e. The minimum atomic E-state index is -4.98. The van der Waals surface area contributed by atoms with Crippen LogP contribution in [0.5, 0.6) is 28.7 Å². The Kier molecular flexibility index (Phi) is 7.57. The van der Waals surface area contributed by atoms with Crippen molar-refractivity contribution in [3.63, 3.8) is 0 Å².